The predicted octanol–water partition coefficient (Wildman–Crippen LogP) is 0.927. The number of rotatable bonds is 10. The van der Waals surface area contributed by atoms with Crippen LogP contribution in [0.5, 0.6) is 5.75 Å². The average molecular weight is 517 g/mol. The molecule has 0 radical (unpaired) electrons. The lowest BCUT2D eigenvalue weighted by atomic mass is 10.00. The Labute approximate surface area is 213 Å². The van der Waals surface area contributed by atoms with Crippen LogP contribution in [0.2, 0.25) is 0 Å². The summed E-state index contributed by atoms with van der Waals surface area (Å²) in [5.74, 6) is -0.264. The van der Waals surface area contributed by atoms with Gasteiger partial charge in [-0.3, -0.25) is 9.69 Å². The van der Waals surface area contributed by atoms with Crippen LogP contribution in [-0.2, 0) is 27.8 Å². The van der Waals surface area contributed by atoms with E-state index in [1.807, 2.05) is 12.1 Å². The monoisotopic (exact) mass is 516 g/mol. The molecule has 0 aliphatic carbocycles. The first kappa shape index (κ1) is 26.6. The molecule has 0 saturated carbocycles. The van der Waals surface area contributed by atoms with Crippen LogP contribution in [0.15, 0.2) is 53.4 Å². The zero-order valence-corrected chi connectivity index (χ0v) is 21.6. The number of para-hydroxylation sites is 1. The Morgan fingerprint density at radius 2 is 1.69 bits per heavy atom. The molecule has 2 aromatic rings. The quantitative estimate of drug-likeness (QED) is 0.484. The minimum Gasteiger partial charge on any atom is -0.482 e. The number of fused-ring (bicyclic) bond motifs is 1. The summed E-state index contributed by atoms with van der Waals surface area (Å²) in [5.41, 5.74) is 2.62. The molecule has 0 bridgehead atoms. The number of aliphatic hydroxyl groups excluding tert-OH is 1. The first-order chi connectivity index (χ1) is 17.4. The van der Waals surface area contributed by atoms with Gasteiger partial charge in [0.05, 0.1) is 6.10 Å². The van der Waals surface area contributed by atoms with Crippen molar-refractivity contribution in [2.75, 3.05) is 59.0 Å². The Morgan fingerprint density at radius 1 is 1.00 bits per heavy atom. The molecule has 2 heterocycles. The van der Waals surface area contributed by atoms with Gasteiger partial charge < -0.3 is 20.1 Å². The highest BCUT2D eigenvalue weighted by atomic mass is 32.2. The minimum absolute atomic E-state index is 0.0631. The van der Waals surface area contributed by atoms with Crippen LogP contribution in [0.3, 0.4) is 0 Å². The zero-order chi connectivity index (χ0) is 25.5. The number of nitrogens with one attached hydrogen (secondary N) is 1. The third-order valence-corrected chi connectivity index (χ3v) is 8.76. The summed E-state index contributed by atoms with van der Waals surface area (Å²) in [4.78, 5) is 16.8. The molecule has 0 spiro atoms. The van der Waals surface area contributed by atoms with E-state index < -0.39 is 22.0 Å². The molecule has 0 aromatic heterocycles. The summed E-state index contributed by atoms with van der Waals surface area (Å²) in [6.07, 6.45) is 0.230. The molecule has 2 aromatic carbocycles. The lowest BCUT2D eigenvalue weighted by molar-refractivity contribution is -0.123. The molecule has 10 heteroatoms. The molecule has 1 unspecified atom stereocenters. The molecule has 2 N–H and O–H groups in total. The van der Waals surface area contributed by atoms with E-state index in [0.717, 1.165) is 26.1 Å². The molecule has 1 atom stereocenters. The van der Waals surface area contributed by atoms with E-state index in [-0.39, 0.29) is 23.8 Å². The maximum absolute atomic E-state index is 13.2. The van der Waals surface area contributed by atoms with E-state index in [1.54, 1.807) is 18.2 Å². The number of aliphatic hydroxyl groups is 1. The number of nitrogens with zero attached hydrogens (tertiary/aromatic N) is 3. The fourth-order valence-corrected chi connectivity index (χ4v) is 6.26. The van der Waals surface area contributed by atoms with Gasteiger partial charge in [-0.2, -0.15) is 4.31 Å². The first-order valence-corrected chi connectivity index (χ1v) is 14.0. The second-order valence-corrected chi connectivity index (χ2v) is 11.2. The largest absolute Gasteiger partial charge is 0.482 e. The highest BCUT2D eigenvalue weighted by molar-refractivity contribution is 7.89. The van der Waals surface area contributed by atoms with Crippen molar-refractivity contribution < 1.29 is 23.1 Å². The molecule has 1 saturated heterocycles. The van der Waals surface area contributed by atoms with E-state index in [4.69, 9.17) is 4.74 Å². The highest BCUT2D eigenvalue weighted by Crippen LogP contribution is 2.27. The normalized spacial score (nSPS) is 18.4. The molecule has 1 fully saturated rings. The van der Waals surface area contributed by atoms with E-state index >= 15 is 0 Å². The predicted molar refractivity (Wildman–Crippen MR) is 137 cm³/mol. The van der Waals surface area contributed by atoms with Crippen molar-refractivity contribution in [2.45, 2.75) is 30.9 Å². The second kappa shape index (κ2) is 12.2. The first-order valence-electron chi connectivity index (χ1n) is 12.5. The van der Waals surface area contributed by atoms with Crippen molar-refractivity contribution in [3.63, 3.8) is 0 Å². The van der Waals surface area contributed by atoms with Crippen molar-refractivity contribution in [1.82, 2.24) is 19.4 Å². The molecular formula is C26H36N4O5S. The van der Waals surface area contributed by atoms with Crippen LogP contribution in [0.4, 0.5) is 0 Å². The summed E-state index contributed by atoms with van der Waals surface area (Å²) in [7, 11) is -3.73. The number of hydrogen-bond acceptors (Lipinski definition) is 7. The van der Waals surface area contributed by atoms with Crippen molar-refractivity contribution in [1.29, 1.82) is 0 Å². The number of benzene rings is 2. The number of amides is 1. The molecular weight excluding hydrogens is 480 g/mol. The number of sulfonamides is 1. The summed E-state index contributed by atoms with van der Waals surface area (Å²) >= 11 is 0. The van der Waals surface area contributed by atoms with Gasteiger partial charge in [0, 0.05) is 52.4 Å². The van der Waals surface area contributed by atoms with Gasteiger partial charge in [0.2, 0.25) is 10.0 Å². The van der Waals surface area contributed by atoms with Gasteiger partial charge in [-0.25, -0.2) is 8.42 Å². The fourth-order valence-electron chi connectivity index (χ4n) is 4.71. The van der Waals surface area contributed by atoms with Crippen molar-refractivity contribution in [3.05, 3.63) is 59.7 Å². The Bertz CT molecular complexity index is 1130. The maximum Gasteiger partial charge on any atom is 0.258 e. The van der Waals surface area contributed by atoms with Crippen LogP contribution < -0.4 is 10.1 Å². The summed E-state index contributed by atoms with van der Waals surface area (Å²) < 4.78 is 33.5. The molecule has 196 valence electrons. The number of ether oxygens (including phenoxy) is 1. The van der Waals surface area contributed by atoms with Gasteiger partial charge in [-0.15, -0.1) is 0 Å². The molecule has 2 aliphatic heterocycles. The summed E-state index contributed by atoms with van der Waals surface area (Å²) in [6, 6.07) is 14.7. The van der Waals surface area contributed by atoms with Crippen LogP contribution >= 0.6 is 0 Å². The topological polar surface area (TPSA) is 102 Å². The Morgan fingerprint density at radius 3 is 2.44 bits per heavy atom. The van der Waals surface area contributed by atoms with Crippen molar-refractivity contribution in [3.8, 4) is 5.75 Å². The van der Waals surface area contributed by atoms with E-state index in [9.17, 15) is 18.3 Å². The van der Waals surface area contributed by atoms with Gasteiger partial charge in [-0.1, -0.05) is 43.3 Å². The number of piperazine rings is 1. The van der Waals surface area contributed by atoms with Gasteiger partial charge in [0.25, 0.3) is 5.91 Å². The van der Waals surface area contributed by atoms with Crippen LogP contribution in [0.1, 0.15) is 18.1 Å². The van der Waals surface area contributed by atoms with Gasteiger partial charge >= 0.3 is 0 Å². The molecule has 9 nitrogen and oxygen atoms in total. The fraction of sp³-hybridized carbons (Fsp3) is 0.500. The molecule has 36 heavy (non-hydrogen) atoms. The standard InChI is InChI=1S/C26H36N4O5S/c1-2-28-13-15-30(16-14-28)36(33,34)25-10-6-5-9-24(25)35-20-26(32)27-17-23(31)19-29-12-11-21-7-3-4-8-22(21)18-29/h3-10,23,31H,2,11-20H2,1H3,(H,27,32). The SMILES string of the molecule is CCN1CCN(S(=O)(=O)c2ccccc2OCC(=O)NCC(O)CN2CCc3ccccc3C2)CC1. The lowest BCUT2D eigenvalue weighted by Gasteiger charge is -2.33. The molecule has 1 amide bonds. The molecule has 4 rings (SSSR count). The van der Waals surface area contributed by atoms with Gasteiger partial charge in [-0.05, 0) is 36.2 Å². The van der Waals surface area contributed by atoms with E-state index in [2.05, 4.69) is 34.2 Å². The van der Waals surface area contributed by atoms with E-state index in [0.29, 0.717) is 32.7 Å². The third-order valence-electron chi connectivity index (χ3n) is 6.82. The number of carbonyl (C=O) groups excluding carboxylic acids is 1. The average Bonchev–Trinajstić information content (AvgIpc) is 2.91. The van der Waals surface area contributed by atoms with E-state index in [1.165, 1.54) is 21.5 Å². The Kier molecular flexibility index (Phi) is 8.97. The highest BCUT2D eigenvalue weighted by Gasteiger charge is 2.30. The Balaban J connectivity index is 1.25. The van der Waals surface area contributed by atoms with Crippen LogP contribution in [0.25, 0.3) is 0 Å². The number of likely N-dealkylation sites (N-methyl/N-ethyl adjacent to an activating group) is 1. The number of carbonyl (C=O) groups is 1. The van der Waals surface area contributed by atoms with Crippen LogP contribution in [0, 0.1) is 0 Å². The second-order valence-electron chi connectivity index (χ2n) is 9.29. The number of β-amino-alcohol motifs (C(OH)–C–C–N with tert-alkyl or cyclic N) is 1. The summed E-state index contributed by atoms with van der Waals surface area (Å²) in [5, 5.41) is 13.1. The van der Waals surface area contributed by atoms with Gasteiger partial charge in [0.15, 0.2) is 6.61 Å². The lowest BCUT2D eigenvalue weighted by Crippen LogP contribution is -2.48. The minimum atomic E-state index is -3.73. The van der Waals surface area contributed by atoms with Crippen molar-refractivity contribution >= 4 is 15.9 Å². The zero-order valence-electron chi connectivity index (χ0n) is 20.8. The number of hydrogen-bond donors (Lipinski definition) is 2. The van der Waals surface area contributed by atoms with Crippen LogP contribution in [-0.4, -0.2) is 98.6 Å². The Hall–Kier alpha value is -2.50. The summed E-state index contributed by atoms with van der Waals surface area (Å²) in [6.45, 7) is 7.04. The third kappa shape index (κ3) is 6.63. The van der Waals surface area contributed by atoms with Crippen molar-refractivity contribution in [2.24, 2.45) is 0 Å². The smallest absolute Gasteiger partial charge is 0.258 e. The van der Waals surface area contributed by atoms with Gasteiger partial charge in [0.1, 0.15) is 10.6 Å². The molecule has 2 aliphatic rings. The maximum atomic E-state index is 13.2.